The van der Waals surface area contributed by atoms with Crippen molar-refractivity contribution >= 4 is 5.97 Å². The Morgan fingerprint density at radius 3 is 2.50 bits per heavy atom. The normalized spacial score (nSPS) is 12.6. The van der Waals surface area contributed by atoms with Crippen LogP contribution in [0.5, 0.6) is 0 Å². The summed E-state index contributed by atoms with van der Waals surface area (Å²) in [5.74, 6) is -0.125. The standard InChI is InChI=1S/C9H18O3/c1-8(11-2)6-4-5-7-9(10)12-3/h8H,4-7H2,1-3H3. The number of hydrogen-bond donors (Lipinski definition) is 0. The van der Waals surface area contributed by atoms with Crippen LogP contribution in [0, 0.1) is 0 Å². The molecule has 0 spiro atoms. The molecule has 0 aromatic carbocycles. The predicted molar refractivity (Wildman–Crippen MR) is 47.0 cm³/mol. The van der Waals surface area contributed by atoms with Crippen molar-refractivity contribution in [3.63, 3.8) is 0 Å². The highest BCUT2D eigenvalue weighted by molar-refractivity contribution is 5.68. The van der Waals surface area contributed by atoms with Crippen LogP contribution in [-0.4, -0.2) is 26.3 Å². The molecule has 0 aromatic rings. The quantitative estimate of drug-likeness (QED) is 0.454. The molecule has 0 bridgehead atoms. The van der Waals surface area contributed by atoms with E-state index in [2.05, 4.69) is 4.74 Å². The van der Waals surface area contributed by atoms with E-state index in [4.69, 9.17) is 4.74 Å². The van der Waals surface area contributed by atoms with Crippen LogP contribution in [0.1, 0.15) is 32.6 Å². The fourth-order valence-electron chi connectivity index (χ4n) is 0.921. The van der Waals surface area contributed by atoms with Gasteiger partial charge in [-0.3, -0.25) is 4.79 Å². The molecule has 1 unspecified atom stereocenters. The Kier molecular flexibility index (Phi) is 6.76. The Balaban J connectivity index is 3.15. The summed E-state index contributed by atoms with van der Waals surface area (Å²) in [5.41, 5.74) is 0. The maximum Gasteiger partial charge on any atom is 0.305 e. The van der Waals surface area contributed by atoms with Crippen molar-refractivity contribution in [3.05, 3.63) is 0 Å². The molecule has 0 radical (unpaired) electrons. The number of carbonyl (C=O) groups excluding carboxylic acids is 1. The highest BCUT2D eigenvalue weighted by Crippen LogP contribution is 2.05. The lowest BCUT2D eigenvalue weighted by Gasteiger charge is -2.07. The smallest absolute Gasteiger partial charge is 0.305 e. The van der Waals surface area contributed by atoms with E-state index in [1.807, 2.05) is 6.92 Å². The molecule has 0 rings (SSSR count). The molecule has 3 nitrogen and oxygen atoms in total. The Bertz CT molecular complexity index is 123. The zero-order chi connectivity index (χ0) is 9.40. The third-order valence-corrected chi connectivity index (χ3v) is 1.87. The van der Waals surface area contributed by atoms with Crippen LogP contribution in [0.4, 0.5) is 0 Å². The van der Waals surface area contributed by atoms with Gasteiger partial charge >= 0.3 is 5.97 Å². The molecule has 0 aromatic heterocycles. The van der Waals surface area contributed by atoms with Crippen LogP contribution in [0.15, 0.2) is 0 Å². The average molecular weight is 174 g/mol. The first-order valence-corrected chi connectivity index (χ1v) is 4.30. The minimum Gasteiger partial charge on any atom is -0.469 e. The summed E-state index contributed by atoms with van der Waals surface area (Å²) in [6, 6.07) is 0. The minimum absolute atomic E-state index is 0.125. The van der Waals surface area contributed by atoms with E-state index < -0.39 is 0 Å². The van der Waals surface area contributed by atoms with Gasteiger partial charge in [-0.25, -0.2) is 0 Å². The molecule has 3 heteroatoms. The third kappa shape index (κ3) is 6.16. The van der Waals surface area contributed by atoms with E-state index in [0.717, 1.165) is 19.3 Å². The fourth-order valence-corrected chi connectivity index (χ4v) is 0.921. The molecule has 1 atom stereocenters. The van der Waals surface area contributed by atoms with Crippen LogP contribution in [0.25, 0.3) is 0 Å². The van der Waals surface area contributed by atoms with Crippen molar-refractivity contribution in [2.45, 2.75) is 38.7 Å². The second kappa shape index (κ2) is 7.10. The van der Waals surface area contributed by atoms with Crippen molar-refractivity contribution < 1.29 is 14.3 Å². The SMILES string of the molecule is COC(=O)CCCCC(C)OC. The molecule has 0 heterocycles. The van der Waals surface area contributed by atoms with Gasteiger partial charge in [0, 0.05) is 13.5 Å². The van der Waals surface area contributed by atoms with E-state index in [-0.39, 0.29) is 5.97 Å². The van der Waals surface area contributed by atoms with E-state index in [9.17, 15) is 4.79 Å². The zero-order valence-electron chi connectivity index (χ0n) is 8.13. The van der Waals surface area contributed by atoms with Gasteiger partial charge in [0.05, 0.1) is 13.2 Å². The van der Waals surface area contributed by atoms with E-state index in [1.54, 1.807) is 7.11 Å². The molecule has 0 amide bonds. The maximum absolute atomic E-state index is 10.7. The Morgan fingerprint density at radius 1 is 1.33 bits per heavy atom. The summed E-state index contributed by atoms with van der Waals surface area (Å²) < 4.78 is 9.58. The lowest BCUT2D eigenvalue weighted by molar-refractivity contribution is -0.140. The molecule has 0 aliphatic carbocycles. The van der Waals surface area contributed by atoms with Crippen LogP contribution in [0.3, 0.4) is 0 Å². The second-order valence-corrected chi connectivity index (χ2v) is 2.87. The summed E-state index contributed by atoms with van der Waals surface area (Å²) in [6.45, 7) is 2.03. The van der Waals surface area contributed by atoms with Crippen LogP contribution >= 0.6 is 0 Å². The van der Waals surface area contributed by atoms with Gasteiger partial charge in [-0.15, -0.1) is 0 Å². The number of ether oxygens (including phenoxy) is 2. The first-order valence-electron chi connectivity index (χ1n) is 4.30. The molecular weight excluding hydrogens is 156 g/mol. The van der Waals surface area contributed by atoms with Crippen LogP contribution in [-0.2, 0) is 14.3 Å². The van der Waals surface area contributed by atoms with Crippen molar-refractivity contribution in [1.29, 1.82) is 0 Å². The van der Waals surface area contributed by atoms with Gasteiger partial charge in [0.15, 0.2) is 0 Å². The topological polar surface area (TPSA) is 35.5 Å². The Morgan fingerprint density at radius 2 is 2.00 bits per heavy atom. The van der Waals surface area contributed by atoms with Gasteiger partial charge in [0.1, 0.15) is 0 Å². The largest absolute Gasteiger partial charge is 0.469 e. The van der Waals surface area contributed by atoms with E-state index >= 15 is 0 Å². The van der Waals surface area contributed by atoms with E-state index in [1.165, 1.54) is 7.11 Å². The molecule has 0 fully saturated rings. The van der Waals surface area contributed by atoms with Gasteiger partial charge in [-0.2, -0.15) is 0 Å². The summed E-state index contributed by atoms with van der Waals surface area (Å²) in [6.07, 6.45) is 3.73. The molecule has 0 aliphatic rings. The second-order valence-electron chi connectivity index (χ2n) is 2.87. The molecule has 12 heavy (non-hydrogen) atoms. The minimum atomic E-state index is -0.125. The molecule has 0 saturated carbocycles. The lowest BCUT2D eigenvalue weighted by Crippen LogP contribution is -2.05. The summed E-state index contributed by atoms with van der Waals surface area (Å²) in [5, 5.41) is 0. The zero-order valence-corrected chi connectivity index (χ0v) is 8.13. The monoisotopic (exact) mass is 174 g/mol. The van der Waals surface area contributed by atoms with Crippen LogP contribution < -0.4 is 0 Å². The van der Waals surface area contributed by atoms with Gasteiger partial charge in [0.2, 0.25) is 0 Å². The van der Waals surface area contributed by atoms with Gasteiger partial charge in [-0.05, 0) is 19.8 Å². The van der Waals surface area contributed by atoms with Crippen molar-refractivity contribution in [3.8, 4) is 0 Å². The summed E-state index contributed by atoms with van der Waals surface area (Å²) >= 11 is 0. The number of unbranched alkanes of at least 4 members (excludes halogenated alkanes) is 1. The molecule has 0 N–H and O–H groups in total. The molecule has 0 saturated heterocycles. The average Bonchev–Trinajstić information content (AvgIpc) is 2.11. The first kappa shape index (κ1) is 11.4. The highest BCUT2D eigenvalue weighted by atomic mass is 16.5. The molecular formula is C9H18O3. The lowest BCUT2D eigenvalue weighted by atomic mass is 10.1. The van der Waals surface area contributed by atoms with Gasteiger partial charge in [0.25, 0.3) is 0 Å². The van der Waals surface area contributed by atoms with Crippen LogP contribution in [0.2, 0.25) is 0 Å². The highest BCUT2D eigenvalue weighted by Gasteiger charge is 2.02. The number of hydrogen-bond acceptors (Lipinski definition) is 3. The first-order chi connectivity index (χ1) is 5.70. The Labute approximate surface area is 74.0 Å². The number of esters is 1. The van der Waals surface area contributed by atoms with Crippen molar-refractivity contribution in [2.24, 2.45) is 0 Å². The third-order valence-electron chi connectivity index (χ3n) is 1.87. The number of carbonyl (C=O) groups is 1. The predicted octanol–water partition coefficient (Wildman–Crippen LogP) is 1.75. The Hall–Kier alpha value is -0.570. The van der Waals surface area contributed by atoms with E-state index in [0.29, 0.717) is 12.5 Å². The number of methoxy groups -OCH3 is 2. The van der Waals surface area contributed by atoms with Gasteiger partial charge < -0.3 is 9.47 Å². The summed E-state index contributed by atoms with van der Waals surface area (Å²) in [4.78, 5) is 10.7. The molecule has 0 aliphatic heterocycles. The van der Waals surface area contributed by atoms with Crippen molar-refractivity contribution in [2.75, 3.05) is 14.2 Å². The summed E-state index contributed by atoms with van der Waals surface area (Å²) in [7, 11) is 3.12. The van der Waals surface area contributed by atoms with Crippen molar-refractivity contribution in [1.82, 2.24) is 0 Å². The molecule has 72 valence electrons. The number of rotatable bonds is 6. The van der Waals surface area contributed by atoms with Gasteiger partial charge in [-0.1, -0.05) is 6.42 Å². The maximum atomic E-state index is 10.7. The fraction of sp³-hybridized carbons (Fsp3) is 0.889.